The van der Waals surface area contributed by atoms with Gasteiger partial charge in [-0.3, -0.25) is 4.98 Å². The van der Waals surface area contributed by atoms with Crippen molar-refractivity contribution in [1.29, 1.82) is 0 Å². The predicted molar refractivity (Wildman–Crippen MR) is 74.5 cm³/mol. The maximum atomic E-state index is 10.9. The summed E-state index contributed by atoms with van der Waals surface area (Å²) in [5, 5.41) is 12.0. The highest BCUT2D eigenvalue weighted by atomic mass is 32.1. The van der Waals surface area contributed by atoms with E-state index in [-0.39, 0.29) is 5.69 Å². The van der Waals surface area contributed by atoms with E-state index in [1.165, 1.54) is 11.3 Å². The second kappa shape index (κ2) is 5.61. The first-order valence-corrected chi connectivity index (χ1v) is 6.79. The fourth-order valence-corrected chi connectivity index (χ4v) is 2.20. The van der Waals surface area contributed by atoms with Crippen LogP contribution in [-0.2, 0) is 6.42 Å². The number of hydrogen-bond donors (Lipinski definition) is 3. The third kappa shape index (κ3) is 2.88. The maximum absolute atomic E-state index is 10.9. The molecule has 0 spiro atoms. The van der Waals surface area contributed by atoms with E-state index in [9.17, 15) is 4.79 Å². The van der Waals surface area contributed by atoms with Gasteiger partial charge in [0.15, 0.2) is 10.8 Å². The summed E-state index contributed by atoms with van der Waals surface area (Å²) in [6.45, 7) is 0.606. The highest BCUT2D eigenvalue weighted by molar-refractivity contribution is 7.12. The Bertz CT molecular complexity index is 733. The Labute approximate surface area is 117 Å². The summed E-state index contributed by atoms with van der Waals surface area (Å²) in [5.41, 5.74) is -0.298. The van der Waals surface area contributed by atoms with E-state index in [4.69, 9.17) is 0 Å². The first-order chi connectivity index (χ1) is 9.81. The Hall–Kier alpha value is -2.55. The van der Waals surface area contributed by atoms with Crippen molar-refractivity contribution in [2.45, 2.75) is 6.42 Å². The predicted octanol–water partition coefficient (Wildman–Crippen LogP) is 0.666. The number of rotatable bonds is 5. The fraction of sp³-hybridized carbons (Fsp3) is 0.182. The molecule has 3 N–H and O–H groups in total. The largest absolute Gasteiger partial charge is 0.369 e. The van der Waals surface area contributed by atoms with Crippen molar-refractivity contribution in [3.63, 3.8) is 0 Å². The molecule has 0 aromatic carbocycles. The van der Waals surface area contributed by atoms with Crippen molar-refractivity contribution in [1.82, 2.24) is 30.1 Å². The third-order valence-electron chi connectivity index (χ3n) is 2.50. The van der Waals surface area contributed by atoms with Gasteiger partial charge in [-0.05, 0) is 6.07 Å². The number of hydrogen-bond acceptors (Lipinski definition) is 7. The maximum Gasteiger partial charge on any atom is 0.340 e. The van der Waals surface area contributed by atoms with Crippen LogP contribution in [0.5, 0.6) is 0 Å². The molecule has 3 aromatic rings. The third-order valence-corrected chi connectivity index (χ3v) is 3.27. The first-order valence-electron chi connectivity index (χ1n) is 5.91. The van der Waals surface area contributed by atoms with Crippen LogP contribution in [0, 0.1) is 0 Å². The Morgan fingerprint density at radius 3 is 3.00 bits per heavy atom. The van der Waals surface area contributed by atoms with E-state index in [0.717, 1.165) is 5.01 Å². The number of nitrogens with zero attached hydrogens (tertiary/aromatic N) is 4. The molecule has 0 atom stereocenters. The van der Waals surface area contributed by atoms with Crippen LogP contribution in [0.4, 0.5) is 5.82 Å². The van der Waals surface area contributed by atoms with Crippen LogP contribution in [0.2, 0.25) is 0 Å². The molecule has 0 aliphatic heterocycles. The van der Waals surface area contributed by atoms with Gasteiger partial charge in [-0.25, -0.2) is 24.8 Å². The smallest absolute Gasteiger partial charge is 0.340 e. The Morgan fingerprint density at radius 1 is 1.30 bits per heavy atom. The minimum Gasteiger partial charge on any atom is -0.369 e. The highest BCUT2D eigenvalue weighted by Gasteiger charge is 2.05. The monoisotopic (exact) mass is 289 g/mol. The molecule has 3 heterocycles. The lowest BCUT2D eigenvalue weighted by Gasteiger charge is -2.04. The Kier molecular flexibility index (Phi) is 3.50. The zero-order valence-electron chi connectivity index (χ0n) is 10.3. The molecule has 9 heteroatoms. The molecule has 0 fully saturated rings. The summed E-state index contributed by atoms with van der Waals surface area (Å²) in [6.07, 6.45) is 4.00. The van der Waals surface area contributed by atoms with Crippen molar-refractivity contribution in [2.75, 3.05) is 11.9 Å². The summed E-state index contributed by atoms with van der Waals surface area (Å²) >= 11 is 1.49. The summed E-state index contributed by atoms with van der Waals surface area (Å²) in [6, 6.07) is 1.78. The van der Waals surface area contributed by atoms with Crippen LogP contribution >= 0.6 is 11.3 Å². The molecule has 3 rings (SSSR count). The summed E-state index contributed by atoms with van der Waals surface area (Å²) in [4.78, 5) is 26.2. The number of thiazole rings is 1. The second-order valence-electron chi connectivity index (χ2n) is 3.90. The van der Waals surface area contributed by atoms with Gasteiger partial charge in [0.1, 0.15) is 11.6 Å². The van der Waals surface area contributed by atoms with Crippen LogP contribution in [0.3, 0.4) is 0 Å². The van der Waals surface area contributed by atoms with Gasteiger partial charge in [0.25, 0.3) is 0 Å². The zero-order valence-corrected chi connectivity index (χ0v) is 11.1. The lowest BCUT2D eigenvalue weighted by molar-refractivity contribution is 0.896. The fourth-order valence-electron chi connectivity index (χ4n) is 1.63. The molecule has 8 nitrogen and oxygen atoms in total. The normalized spacial score (nSPS) is 10.6. The van der Waals surface area contributed by atoms with Crippen LogP contribution in [0.15, 0.2) is 28.6 Å². The molecular weight excluding hydrogens is 278 g/mol. The van der Waals surface area contributed by atoms with Gasteiger partial charge in [-0.15, -0.1) is 11.3 Å². The van der Waals surface area contributed by atoms with Gasteiger partial charge in [0.05, 0.1) is 0 Å². The van der Waals surface area contributed by atoms with E-state index < -0.39 is 0 Å². The molecule has 0 saturated carbocycles. The van der Waals surface area contributed by atoms with E-state index >= 15 is 0 Å². The molecule has 0 amide bonds. The molecule has 0 aliphatic rings. The minimum absolute atomic E-state index is 0.298. The van der Waals surface area contributed by atoms with Crippen LogP contribution in [0.25, 0.3) is 10.8 Å². The van der Waals surface area contributed by atoms with Gasteiger partial charge in [-0.1, -0.05) is 0 Å². The zero-order chi connectivity index (χ0) is 13.8. The van der Waals surface area contributed by atoms with Gasteiger partial charge >= 0.3 is 5.69 Å². The molecule has 0 bridgehead atoms. The molecule has 3 aromatic heterocycles. The first kappa shape index (κ1) is 12.5. The highest BCUT2D eigenvalue weighted by Crippen LogP contribution is 2.18. The average Bonchev–Trinajstić information content (AvgIpc) is 3.11. The lowest BCUT2D eigenvalue weighted by Crippen LogP contribution is -2.08. The number of anilines is 1. The lowest BCUT2D eigenvalue weighted by atomic mass is 10.4. The quantitative estimate of drug-likeness (QED) is 0.636. The topological polar surface area (TPSA) is 112 Å². The van der Waals surface area contributed by atoms with Gasteiger partial charge < -0.3 is 5.32 Å². The number of aromatic amines is 2. The van der Waals surface area contributed by atoms with Crippen molar-refractivity contribution < 1.29 is 0 Å². The number of nitrogens with one attached hydrogen (secondary N) is 3. The summed E-state index contributed by atoms with van der Waals surface area (Å²) < 4.78 is 0. The van der Waals surface area contributed by atoms with Crippen molar-refractivity contribution in [3.8, 4) is 10.8 Å². The Morgan fingerprint density at radius 2 is 2.25 bits per heavy atom. The van der Waals surface area contributed by atoms with E-state index in [0.29, 0.717) is 30.4 Å². The SMILES string of the molecule is O=c1[nH]nc(CCNc2ccnc(-c3nccs3)n2)[nH]1. The van der Waals surface area contributed by atoms with Gasteiger partial charge in [-0.2, -0.15) is 5.10 Å². The molecule has 102 valence electrons. The molecule has 20 heavy (non-hydrogen) atoms. The van der Waals surface area contributed by atoms with E-state index in [2.05, 4.69) is 35.5 Å². The number of H-pyrrole nitrogens is 2. The number of aromatic nitrogens is 6. The second-order valence-corrected chi connectivity index (χ2v) is 4.80. The van der Waals surface area contributed by atoms with Crippen molar-refractivity contribution in [2.24, 2.45) is 0 Å². The molecular formula is C11H11N7OS. The van der Waals surface area contributed by atoms with Crippen LogP contribution < -0.4 is 11.0 Å². The summed E-state index contributed by atoms with van der Waals surface area (Å²) in [7, 11) is 0. The molecule has 0 radical (unpaired) electrons. The molecule has 0 aliphatic carbocycles. The van der Waals surface area contributed by atoms with Crippen LogP contribution in [0.1, 0.15) is 5.82 Å². The van der Waals surface area contributed by atoms with Gasteiger partial charge in [0.2, 0.25) is 0 Å². The summed E-state index contributed by atoms with van der Waals surface area (Å²) in [5.74, 6) is 1.91. The van der Waals surface area contributed by atoms with Gasteiger partial charge in [0, 0.05) is 30.7 Å². The minimum atomic E-state index is -0.298. The molecule has 0 unspecified atom stereocenters. The standard InChI is InChI=1S/C11H11N7OS/c19-11-16-8(17-18-11)2-3-12-7-1-4-13-9(15-7)10-14-5-6-20-10/h1,4-6H,2-3H2,(H,12,13,15)(H2,16,17,18,19). The van der Waals surface area contributed by atoms with Crippen molar-refractivity contribution >= 4 is 17.2 Å². The molecule has 0 saturated heterocycles. The van der Waals surface area contributed by atoms with Crippen molar-refractivity contribution in [3.05, 3.63) is 40.1 Å². The average molecular weight is 289 g/mol. The van der Waals surface area contributed by atoms with E-state index in [1.54, 1.807) is 18.5 Å². The Balaban J connectivity index is 1.63. The van der Waals surface area contributed by atoms with Crippen LogP contribution in [-0.4, -0.2) is 36.7 Å². The van der Waals surface area contributed by atoms with E-state index in [1.807, 2.05) is 5.38 Å².